The van der Waals surface area contributed by atoms with Crippen LogP contribution in [-0.2, 0) is 4.79 Å². The van der Waals surface area contributed by atoms with Crippen LogP contribution in [-0.4, -0.2) is 56.0 Å². The van der Waals surface area contributed by atoms with Crippen molar-refractivity contribution in [1.29, 1.82) is 0 Å². The maximum absolute atomic E-state index is 10.8. The summed E-state index contributed by atoms with van der Waals surface area (Å²) in [5.74, 6) is 0.108. The van der Waals surface area contributed by atoms with Crippen LogP contribution in [0.15, 0.2) is 0 Å². The van der Waals surface area contributed by atoms with Gasteiger partial charge in [-0.15, -0.1) is 0 Å². The molecule has 0 atom stereocenters. The van der Waals surface area contributed by atoms with Gasteiger partial charge in [0, 0.05) is 40.2 Å². The molecule has 0 aromatic rings. The Labute approximate surface area is 74.3 Å². The molecule has 2 N–H and O–H groups in total. The van der Waals surface area contributed by atoms with E-state index >= 15 is 0 Å². The summed E-state index contributed by atoms with van der Waals surface area (Å²) in [5.41, 5.74) is 5.37. The van der Waals surface area contributed by atoms with Gasteiger partial charge in [0.15, 0.2) is 0 Å². The summed E-state index contributed by atoms with van der Waals surface area (Å²) in [6, 6.07) is 0. The van der Waals surface area contributed by atoms with Crippen molar-refractivity contribution in [3.05, 3.63) is 0 Å². The maximum Gasteiger partial charge on any atom is 0.219 e. The van der Waals surface area contributed by atoms with Crippen LogP contribution in [0.2, 0.25) is 0 Å². The number of hydrogen-bond donors (Lipinski definition) is 1. The number of rotatable bonds is 5. The van der Waals surface area contributed by atoms with Crippen molar-refractivity contribution >= 4 is 5.91 Å². The predicted molar refractivity (Wildman–Crippen MR) is 49.9 cm³/mol. The van der Waals surface area contributed by atoms with Crippen molar-refractivity contribution < 1.29 is 4.79 Å². The molecule has 0 bridgehead atoms. The second-order valence-corrected chi connectivity index (χ2v) is 3.03. The lowest BCUT2D eigenvalue weighted by Crippen LogP contribution is -2.35. The first-order valence-electron chi connectivity index (χ1n) is 4.18. The molecule has 0 spiro atoms. The Morgan fingerprint density at radius 2 is 1.83 bits per heavy atom. The van der Waals surface area contributed by atoms with Crippen LogP contribution >= 0.6 is 0 Å². The molecule has 12 heavy (non-hydrogen) atoms. The first-order chi connectivity index (χ1) is 5.57. The topological polar surface area (TPSA) is 49.6 Å². The van der Waals surface area contributed by atoms with Gasteiger partial charge in [-0.25, -0.2) is 0 Å². The fourth-order valence-electron chi connectivity index (χ4n) is 0.810. The number of carbonyl (C=O) groups excluding carboxylic acids is 1. The summed E-state index contributed by atoms with van der Waals surface area (Å²) in [7, 11) is 3.81. The second-order valence-electron chi connectivity index (χ2n) is 3.03. The highest BCUT2D eigenvalue weighted by atomic mass is 16.2. The number of hydrogen-bond acceptors (Lipinski definition) is 3. The standard InChI is InChI=1S/C8H19N3O/c1-8(12)11(3)7-6-10(2)5-4-9/h4-7,9H2,1-3H3. The molecule has 0 radical (unpaired) electrons. The fourth-order valence-corrected chi connectivity index (χ4v) is 0.810. The monoisotopic (exact) mass is 173 g/mol. The Hall–Kier alpha value is -0.610. The Bertz CT molecular complexity index is 138. The van der Waals surface area contributed by atoms with Gasteiger partial charge in [-0.2, -0.15) is 0 Å². The summed E-state index contributed by atoms with van der Waals surface area (Å²) in [4.78, 5) is 14.6. The molecule has 0 aliphatic carbocycles. The van der Waals surface area contributed by atoms with E-state index in [9.17, 15) is 4.79 Å². The Morgan fingerprint density at radius 3 is 2.25 bits per heavy atom. The fraction of sp³-hybridized carbons (Fsp3) is 0.875. The third kappa shape index (κ3) is 5.09. The molecule has 0 aliphatic rings. The highest BCUT2D eigenvalue weighted by Gasteiger charge is 2.02. The first kappa shape index (κ1) is 11.4. The Balaban J connectivity index is 3.46. The lowest BCUT2D eigenvalue weighted by molar-refractivity contribution is -0.127. The van der Waals surface area contributed by atoms with E-state index in [1.165, 1.54) is 0 Å². The van der Waals surface area contributed by atoms with Gasteiger partial charge in [0.1, 0.15) is 0 Å². The summed E-state index contributed by atoms with van der Waals surface area (Å²) in [6.45, 7) is 4.77. The molecule has 1 amide bonds. The quantitative estimate of drug-likeness (QED) is 0.601. The maximum atomic E-state index is 10.8. The van der Waals surface area contributed by atoms with Crippen LogP contribution in [0.5, 0.6) is 0 Å². The van der Waals surface area contributed by atoms with Crippen LogP contribution in [0, 0.1) is 0 Å². The zero-order valence-corrected chi connectivity index (χ0v) is 8.21. The van der Waals surface area contributed by atoms with E-state index in [0.717, 1.165) is 19.6 Å². The molecule has 0 aromatic carbocycles. The Morgan fingerprint density at radius 1 is 1.25 bits per heavy atom. The van der Waals surface area contributed by atoms with Crippen LogP contribution in [0.4, 0.5) is 0 Å². The summed E-state index contributed by atoms with van der Waals surface area (Å²) in [5, 5.41) is 0. The van der Waals surface area contributed by atoms with Gasteiger partial charge in [-0.3, -0.25) is 4.79 Å². The molecule has 0 unspecified atom stereocenters. The molecule has 0 heterocycles. The van der Waals surface area contributed by atoms with Gasteiger partial charge < -0.3 is 15.5 Å². The average Bonchev–Trinajstić information content (AvgIpc) is 2.00. The number of carbonyl (C=O) groups is 1. The van der Waals surface area contributed by atoms with Gasteiger partial charge in [-0.1, -0.05) is 0 Å². The van der Waals surface area contributed by atoms with Gasteiger partial charge in [0.2, 0.25) is 5.91 Å². The van der Waals surface area contributed by atoms with Crippen molar-refractivity contribution in [3.63, 3.8) is 0 Å². The SMILES string of the molecule is CC(=O)N(C)CCN(C)CCN. The van der Waals surface area contributed by atoms with Crippen LogP contribution in [0.25, 0.3) is 0 Å². The molecular weight excluding hydrogens is 154 g/mol. The van der Waals surface area contributed by atoms with E-state index in [1.807, 2.05) is 7.05 Å². The number of nitrogens with two attached hydrogens (primary N) is 1. The van der Waals surface area contributed by atoms with Gasteiger partial charge in [0.05, 0.1) is 0 Å². The highest BCUT2D eigenvalue weighted by Crippen LogP contribution is 1.86. The first-order valence-corrected chi connectivity index (χ1v) is 4.18. The number of amides is 1. The molecule has 0 saturated carbocycles. The lowest BCUT2D eigenvalue weighted by Gasteiger charge is -2.20. The third-order valence-corrected chi connectivity index (χ3v) is 1.87. The van der Waals surface area contributed by atoms with Crippen molar-refractivity contribution in [2.75, 3.05) is 40.3 Å². The van der Waals surface area contributed by atoms with Crippen molar-refractivity contribution in [1.82, 2.24) is 9.80 Å². The number of nitrogens with zero attached hydrogens (tertiary/aromatic N) is 2. The zero-order chi connectivity index (χ0) is 9.56. The molecule has 4 nitrogen and oxygen atoms in total. The van der Waals surface area contributed by atoms with Gasteiger partial charge >= 0.3 is 0 Å². The van der Waals surface area contributed by atoms with Crippen molar-refractivity contribution in [2.45, 2.75) is 6.92 Å². The van der Waals surface area contributed by atoms with Gasteiger partial charge in [-0.05, 0) is 7.05 Å². The average molecular weight is 173 g/mol. The van der Waals surface area contributed by atoms with Gasteiger partial charge in [0.25, 0.3) is 0 Å². The van der Waals surface area contributed by atoms with E-state index in [2.05, 4.69) is 4.90 Å². The minimum absolute atomic E-state index is 0.108. The molecule has 0 aromatic heterocycles. The minimum atomic E-state index is 0.108. The van der Waals surface area contributed by atoms with E-state index in [1.54, 1.807) is 18.9 Å². The molecule has 0 rings (SSSR count). The van der Waals surface area contributed by atoms with E-state index in [4.69, 9.17) is 5.73 Å². The smallest absolute Gasteiger partial charge is 0.219 e. The molecule has 0 saturated heterocycles. The van der Waals surface area contributed by atoms with E-state index in [-0.39, 0.29) is 5.91 Å². The largest absolute Gasteiger partial charge is 0.345 e. The molecule has 72 valence electrons. The Kier molecular flexibility index (Phi) is 5.66. The summed E-state index contributed by atoms with van der Waals surface area (Å²) < 4.78 is 0. The summed E-state index contributed by atoms with van der Waals surface area (Å²) >= 11 is 0. The lowest BCUT2D eigenvalue weighted by atomic mass is 10.4. The van der Waals surface area contributed by atoms with Crippen LogP contribution in [0.1, 0.15) is 6.92 Å². The zero-order valence-electron chi connectivity index (χ0n) is 8.21. The van der Waals surface area contributed by atoms with E-state index < -0.39 is 0 Å². The van der Waals surface area contributed by atoms with E-state index in [0.29, 0.717) is 6.54 Å². The van der Waals surface area contributed by atoms with Crippen molar-refractivity contribution in [2.24, 2.45) is 5.73 Å². The van der Waals surface area contributed by atoms with Crippen LogP contribution in [0.3, 0.4) is 0 Å². The minimum Gasteiger partial charge on any atom is -0.345 e. The summed E-state index contributed by atoms with van der Waals surface area (Å²) in [6.07, 6.45) is 0. The molecular formula is C8H19N3O. The van der Waals surface area contributed by atoms with Crippen LogP contribution < -0.4 is 5.73 Å². The van der Waals surface area contributed by atoms with Crippen molar-refractivity contribution in [3.8, 4) is 0 Å². The molecule has 0 fully saturated rings. The molecule has 4 heteroatoms. The normalized spacial score (nSPS) is 10.4. The number of likely N-dealkylation sites (N-methyl/N-ethyl adjacent to an activating group) is 2. The third-order valence-electron chi connectivity index (χ3n) is 1.87. The molecule has 0 aliphatic heterocycles. The second kappa shape index (κ2) is 5.97. The predicted octanol–water partition coefficient (Wildman–Crippen LogP) is -0.645. The highest BCUT2D eigenvalue weighted by molar-refractivity contribution is 5.72.